The van der Waals surface area contributed by atoms with Crippen LogP contribution in [-0.2, 0) is 24.8 Å². The standard InChI is InChI=1S/C16H21N5O/c1-10-7-21-9-12(3-4-15(21)18-10)19-16(22)14-5-13(14)11-6-17-20(2)8-11/h6-8,12-14H,3-5,9H2,1-2H3,(H,19,22)/t12-,13-,14+/m0/s1. The van der Waals surface area contributed by atoms with Crippen LogP contribution in [0.1, 0.15) is 35.8 Å². The topological polar surface area (TPSA) is 64.7 Å². The van der Waals surface area contributed by atoms with Crippen molar-refractivity contribution in [1.82, 2.24) is 24.6 Å². The van der Waals surface area contributed by atoms with Crippen LogP contribution in [0, 0.1) is 12.8 Å². The molecule has 0 bridgehead atoms. The Bertz CT molecular complexity index is 716. The van der Waals surface area contributed by atoms with Crippen LogP contribution >= 0.6 is 0 Å². The fourth-order valence-electron chi connectivity index (χ4n) is 3.50. The van der Waals surface area contributed by atoms with Gasteiger partial charge in [0, 0.05) is 44.4 Å². The SMILES string of the molecule is Cc1cn2c(n1)CC[C@H](NC(=O)[C@@H]1C[C@H]1c1cnn(C)c1)C2. The van der Waals surface area contributed by atoms with Crippen LogP contribution in [0.5, 0.6) is 0 Å². The Hall–Kier alpha value is -2.11. The number of hydrogen-bond acceptors (Lipinski definition) is 3. The van der Waals surface area contributed by atoms with E-state index in [0.29, 0.717) is 5.92 Å². The molecule has 0 saturated heterocycles. The molecule has 1 saturated carbocycles. The fraction of sp³-hybridized carbons (Fsp3) is 0.562. The number of carbonyl (C=O) groups is 1. The molecule has 22 heavy (non-hydrogen) atoms. The smallest absolute Gasteiger partial charge is 0.224 e. The summed E-state index contributed by atoms with van der Waals surface area (Å²) < 4.78 is 3.97. The lowest BCUT2D eigenvalue weighted by Crippen LogP contribution is -2.41. The van der Waals surface area contributed by atoms with Crippen LogP contribution < -0.4 is 5.32 Å². The highest BCUT2D eigenvalue weighted by atomic mass is 16.2. The first-order valence-corrected chi connectivity index (χ1v) is 7.91. The first-order valence-electron chi connectivity index (χ1n) is 7.91. The van der Waals surface area contributed by atoms with Crippen molar-refractivity contribution in [3.05, 3.63) is 35.7 Å². The molecule has 1 amide bonds. The average molecular weight is 299 g/mol. The van der Waals surface area contributed by atoms with Gasteiger partial charge in [0.15, 0.2) is 0 Å². The number of aromatic nitrogens is 4. The van der Waals surface area contributed by atoms with Gasteiger partial charge in [0.25, 0.3) is 0 Å². The molecule has 0 unspecified atom stereocenters. The van der Waals surface area contributed by atoms with E-state index in [2.05, 4.69) is 26.2 Å². The van der Waals surface area contributed by atoms with E-state index >= 15 is 0 Å². The minimum absolute atomic E-state index is 0.120. The van der Waals surface area contributed by atoms with Crippen LogP contribution in [0.15, 0.2) is 18.6 Å². The van der Waals surface area contributed by atoms with E-state index in [1.54, 1.807) is 4.68 Å². The van der Waals surface area contributed by atoms with Crippen LogP contribution in [0.4, 0.5) is 0 Å². The molecule has 0 spiro atoms. The van der Waals surface area contributed by atoms with Crippen molar-refractivity contribution >= 4 is 5.91 Å². The Balaban J connectivity index is 1.36. The van der Waals surface area contributed by atoms with Gasteiger partial charge in [-0.3, -0.25) is 9.48 Å². The van der Waals surface area contributed by atoms with Crippen molar-refractivity contribution in [2.24, 2.45) is 13.0 Å². The summed E-state index contributed by atoms with van der Waals surface area (Å²) in [5.74, 6) is 1.81. The predicted molar refractivity (Wildman–Crippen MR) is 81.3 cm³/mol. The Kier molecular flexibility index (Phi) is 3.06. The third-order valence-electron chi connectivity index (χ3n) is 4.74. The number of nitrogens with zero attached hydrogens (tertiary/aromatic N) is 4. The lowest BCUT2D eigenvalue weighted by Gasteiger charge is -2.24. The number of fused-ring (bicyclic) bond motifs is 1. The second-order valence-corrected chi connectivity index (χ2v) is 6.59. The number of nitrogens with one attached hydrogen (secondary N) is 1. The molecule has 3 heterocycles. The second-order valence-electron chi connectivity index (χ2n) is 6.59. The quantitative estimate of drug-likeness (QED) is 0.925. The van der Waals surface area contributed by atoms with Crippen molar-refractivity contribution in [1.29, 1.82) is 0 Å². The second kappa shape index (κ2) is 4.97. The molecular weight excluding hydrogens is 278 g/mol. The molecular formula is C16H21N5O. The highest BCUT2D eigenvalue weighted by Crippen LogP contribution is 2.47. The van der Waals surface area contributed by atoms with Crippen molar-refractivity contribution in [3.63, 3.8) is 0 Å². The maximum Gasteiger partial charge on any atom is 0.224 e. The highest BCUT2D eigenvalue weighted by Gasteiger charge is 2.45. The zero-order valence-electron chi connectivity index (χ0n) is 13.0. The molecule has 0 aromatic carbocycles. The van der Waals surface area contributed by atoms with E-state index in [0.717, 1.165) is 37.3 Å². The summed E-state index contributed by atoms with van der Waals surface area (Å²) >= 11 is 0. The third kappa shape index (κ3) is 2.42. The fourth-order valence-corrected chi connectivity index (χ4v) is 3.50. The summed E-state index contributed by atoms with van der Waals surface area (Å²) in [4.78, 5) is 16.9. The van der Waals surface area contributed by atoms with Gasteiger partial charge < -0.3 is 9.88 Å². The molecule has 3 atom stereocenters. The number of hydrogen-bond donors (Lipinski definition) is 1. The van der Waals surface area contributed by atoms with Crippen LogP contribution in [0.2, 0.25) is 0 Å². The Morgan fingerprint density at radius 3 is 3.05 bits per heavy atom. The molecule has 1 N–H and O–H groups in total. The molecule has 2 aromatic heterocycles. The summed E-state index contributed by atoms with van der Waals surface area (Å²) in [6, 6.07) is 0.226. The normalized spacial score (nSPS) is 26.5. The third-order valence-corrected chi connectivity index (χ3v) is 4.74. The number of amides is 1. The molecule has 0 radical (unpaired) electrons. The number of rotatable bonds is 3. The molecule has 2 aliphatic rings. The van der Waals surface area contributed by atoms with Gasteiger partial charge in [0.2, 0.25) is 5.91 Å². The van der Waals surface area contributed by atoms with Crippen molar-refractivity contribution in [2.75, 3.05) is 0 Å². The lowest BCUT2D eigenvalue weighted by molar-refractivity contribution is -0.123. The van der Waals surface area contributed by atoms with E-state index in [1.165, 1.54) is 5.56 Å². The van der Waals surface area contributed by atoms with Crippen molar-refractivity contribution in [3.8, 4) is 0 Å². The van der Waals surface area contributed by atoms with Gasteiger partial charge >= 0.3 is 0 Å². The van der Waals surface area contributed by atoms with E-state index in [1.807, 2.05) is 26.4 Å². The maximum atomic E-state index is 12.4. The zero-order valence-corrected chi connectivity index (χ0v) is 13.0. The van der Waals surface area contributed by atoms with Gasteiger partial charge in [0.05, 0.1) is 11.9 Å². The monoisotopic (exact) mass is 299 g/mol. The minimum atomic E-state index is 0.120. The molecule has 1 fully saturated rings. The number of imidazole rings is 1. The van der Waals surface area contributed by atoms with Crippen LogP contribution in [0.3, 0.4) is 0 Å². The van der Waals surface area contributed by atoms with E-state index in [-0.39, 0.29) is 17.9 Å². The van der Waals surface area contributed by atoms with Gasteiger partial charge in [-0.05, 0) is 31.2 Å². The molecule has 1 aliphatic carbocycles. The first kappa shape index (κ1) is 13.5. The minimum Gasteiger partial charge on any atom is -0.351 e. The zero-order chi connectivity index (χ0) is 15.3. The molecule has 2 aromatic rings. The summed E-state index contributed by atoms with van der Waals surface area (Å²) in [7, 11) is 1.91. The molecule has 1 aliphatic heterocycles. The summed E-state index contributed by atoms with van der Waals surface area (Å²) in [6.45, 7) is 2.85. The van der Waals surface area contributed by atoms with E-state index in [9.17, 15) is 4.79 Å². The molecule has 6 nitrogen and oxygen atoms in total. The molecule has 116 valence electrons. The molecule has 4 rings (SSSR count). The van der Waals surface area contributed by atoms with Gasteiger partial charge in [-0.15, -0.1) is 0 Å². The van der Waals surface area contributed by atoms with Crippen molar-refractivity contribution in [2.45, 2.75) is 44.7 Å². The first-order chi connectivity index (χ1) is 10.6. The molecule has 6 heteroatoms. The van der Waals surface area contributed by atoms with E-state index < -0.39 is 0 Å². The Morgan fingerprint density at radius 2 is 2.27 bits per heavy atom. The number of carbonyl (C=O) groups excluding carboxylic acids is 1. The maximum absolute atomic E-state index is 12.4. The van der Waals surface area contributed by atoms with Crippen molar-refractivity contribution < 1.29 is 4.79 Å². The summed E-state index contributed by atoms with van der Waals surface area (Å²) in [6.07, 6.45) is 8.82. The van der Waals surface area contributed by atoms with Gasteiger partial charge in [-0.2, -0.15) is 5.10 Å². The lowest BCUT2D eigenvalue weighted by atomic mass is 10.1. The summed E-state index contributed by atoms with van der Waals surface area (Å²) in [5, 5.41) is 7.41. The van der Waals surface area contributed by atoms with Gasteiger partial charge in [-0.1, -0.05) is 0 Å². The summed E-state index contributed by atoms with van der Waals surface area (Å²) in [5.41, 5.74) is 2.24. The highest BCUT2D eigenvalue weighted by molar-refractivity contribution is 5.83. The Morgan fingerprint density at radius 1 is 1.41 bits per heavy atom. The van der Waals surface area contributed by atoms with Crippen LogP contribution in [-0.4, -0.2) is 31.3 Å². The van der Waals surface area contributed by atoms with Crippen LogP contribution in [0.25, 0.3) is 0 Å². The predicted octanol–water partition coefficient (Wildman–Crippen LogP) is 1.16. The number of aryl methyl sites for hydroxylation is 3. The van der Waals surface area contributed by atoms with Gasteiger partial charge in [-0.25, -0.2) is 4.98 Å². The average Bonchev–Trinajstić information content (AvgIpc) is 3.03. The Labute approximate surface area is 129 Å². The largest absolute Gasteiger partial charge is 0.351 e. The van der Waals surface area contributed by atoms with E-state index in [4.69, 9.17) is 0 Å². The van der Waals surface area contributed by atoms with Gasteiger partial charge in [0.1, 0.15) is 5.82 Å².